The largest absolute Gasteiger partial charge is 0.465 e. The van der Waals surface area contributed by atoms with E-state index in [0.717, 1.165) is 18.6 Å². The minimum atomic E-state index is -0.402. The van der Waals surface area contributed by atoms with Crippen LogP contribution in [0.4, 0.5) is 5.69 Å². The highest BCUT2D eigenvalue weighted by Crippen LogP contribution is 2.27. The van der Waals surface area contributed by atoms with Gasteiger partial charge in [0.25, 0.3) is 0 Å². The number of carbonyl (C=O) groups is 2. The second-order valence-electron chi connectivity index (χ2n) is 4.06. The second-order valence-corrected chi connectivity index (χ2v) is 5.37. The summed E-state index contributed by atoms with van der Waals surface area (Å²) in [6, 6.07) is 6.78. The molecule has 0 bridgehead atoms. The van der Waals surface area contributed by atoms with Crippen molar-refractivity contribution in [3.63, 3.8) is 0 Å². The van der Waals surface area contributed by atoms with Crippen molar-refractivity contribution in [2.45, 2.75) is 18.1 Å². The van der Waals surface area contributed by atoms with Crippen LogP contribution >= 0.6 is 11.8 Å². The molecule has 1 aromatic rings. The lowest BCUT2D eigenvalue weighted by atomic mass is 10.2. The summed E-state index contributed by atoms with van der Waals surface area (Å²) in [6.07, 6.45) is 2.01. The van der Waals surface area contributed by atoms with Crippen LogP contribution in [0.25, 0.3) is 0 Å². The number of methoxy groups -OCH3 is 1. The van der Waals surface area contributed by atoms with E-state index in [1.807, 2.05) is 0 Å². The first-order valence-electron chi connectivity index (χ1n) is 5.81. The van der Waals surface area contributed by atoms with Crippen LogP contribution in [0.1, 0.15) is 23.2 Å². The Morgan fingerprint density at radius 1 is 1.44 bits per heavy atom. The lowest BCUT2D eigenvalue weighted by Crippen LogP contribution is -2.23. The number of hydrogen-bond acceptors (Lipinski definition) is 4. The number of carbonyl (C=O) groups excluding carboxylic acids is 2. The second kappa shape index (κ2) is 5.91. The van der Waals surface area contributed by atoms with Crippen molar-refractivity contribution in [3.05, 3.63) is 29.8 Å². The van der Waals surface area contributed by atoms with E-state index in [9.17, 15) is 9.59 Å². The molecule has 1 aromatic carbocycles. The normalized spacial score (nSPS) is 18.4. The van der Waals surface area contributed by atoms with Crippen LogP contribution in [0.5, 0.6) is 0 Å². The van der Waals surface area contributed by atoms with Gasteiger partial charge in [-0.3, -0.25) is 4.79 Å². The molecule has 1 unspecified atom stereocenters. The number of anilines is 1. The van der Waals surface area contributed by atoms with Gasteiger partial charge in [-0.25, -0.2) is 4.79 Å². The quantitative estimate of drug-likeness (QED) is 0.852. The molecule has 1 heterocycles. The average molecular weight is 265 g/mol. The molecule has 1 aliphatic rings. The molecule has 1 saturated heterocycles. The zero-order valence-corrected chi connectivity index (χ0v) is 11.0. The van der Waals surface area contributed by atoms with Crippen LogP contribution in [0.3, 0.4) is 0 Å². The van der Waals surface area contributed by atoms with Crippen molar-refractivity contribution in [2.75, 3.05) is 18.2 Å². The third-order valence-corrected chi connectivity index (χ3v) is 4.15. The van der Waals surface area contributed by atoms with Crippen LogP contribution in [0.15, 0.2) is 24.3 Å². The van der Waals surface area contributed by atoms with Crippen molar-refractivity contribution in [2.24, 2.45) is 0 Å². The Bertz CT molecular complexity index is 455. The molecule has 1 amide bonds. The average Bonchev–Trinajstić information content (AvgIpc) is 2.92. The number of rotatable bonds is 3. The van der Waals surface area contributed by atoms with Gasteiger partial charge in [-0.1, -0.05) is 6.07 Å². The van der Waals surface area contributed by atoms with Crippen molar-refractivity contribution in [1.29, 1.82) is 0 Å². The van der Waals surface area contributed by atoms with Crippen molar-refractivity contribution >= 4 is 29.3 Å². The summed E-state index contributed by atoms with van der Waals surface area (Å²) in [5.74, 6) is 0.654. The number of amides is 1. The van der Waals surface area contributed by atoms with Crippen molar-refractivity contribution in [1.82, 2.24) is 0 Å². The van der Waals surface area contributed by atoms with Gasteiger partial charge in [-0.2, -0.15) is 0 Å². The third kappa shape index (κ3) is 3.04. The predicted molar refractivity (Wildman–Crippen MR) is 71.9 cm³/mol. The van der Waals surface area contributed by atoms with Gasteiger partial charge in [0.05, 0.1) is 17.9 Å². The van der Waals surface area contributed by atoms with E-state index in [-0.39, 0.29) is 11.2 Å². The summed E-state index contributed by atoms with van der Waals surface area (Å²) in [4.78, 5) is 23.3. The monoisotopic (exact) mass is 265 g/mol. The van der Waals surface area contributed by atoms with Gasteiger partial charge in [-0.15, -0.1) is 11.8 Å². The van der Waals surface area contributed by atoms with E-state index < -0.39 is 5.97 Å². The number of ether oxygens (including phenoxy) is 1. The topological polar surface area (TPSA) is 55.4 Å². The highest BCUT2D eigenvalue weighted by Gasteiger charge is 2.23. The number of benzene rings is 1. The molecule has 5 heteroatoms. The van der Waals surface area contributed by atoms with Gasteiger partial charge in [-0.05, 0) is 36.8 Å². The standard InChI is InChI=1S/C13H15NO3S/c1-17-13(16)9-4-2-5-10(8-9)14-12(15)11-6-3-7-18-11/h2,4-5,8,11H,3,6-7H2,1H3,(H,14,15). The molecule has 4 nitrogen and oxygen atoms in total. The third-order valence-electron chi connectivity index (χ3n) is 2.77. The Hall–Kier alpha value is -1.49. The SMILES string of the molecule is COC(=O)c1cccc(NC(=O)C2CCCS2)c1. The Labute approximate surface area is 110 Å². The summed E-state index contributed by atoms with van der Waals surface area (Å²) < 4.78 is 4.64. The highest BCUT2D eigenvalue weighted by molar-refractivity contribution is 8.00. The summed E-state index contributed by atoms with van der Waals surface area (Å²) in [5.41, 5.74) is 1.07. The Kier molecular flexibility index (Phi) is 4.25. The summed E-state index contributed by atoms with van der Waals surface area (Å²) in [7, 11) is 1.34. The fraction of sp³-hybridized carbons (Fsp3) is 0.385. The first kappa shape index (κ1) is 13.0. The lowest BCUT2D eigenvalue weighted by Gasteiger charge is -2.10. The summed E-state index contributed by atoms with van der Waals surface area (Å²) in [5, 5.41) is 2.87. The highest BCUT2D eigenvalue weighted by atomic mass is 32.2. The van der Waals surface area contributed by atoms with E-state index in [1.54, 1.807) is 36.0 Å². The lowest BCUT2D eigenvalue weighted by molar-refractivity contribution is -0.115. The molecule has 1 atom stereocenters. The zero-order valence-electron chi connectivity index (χ0n) is 10.1. The smallest absolute Gasteiger partial charge is 0.337 e. The van der Waals surface area contributed by atoms with Crippen LogP contribution in [0.2, 0.25) is 0 Å². The van der Waals surface area contributed by atoms with Gasteiger partial charge >= 0.3 is 5.97 Å². The van der Waals surface area contributed by atoms with Gasteiger partial charge < -0.3 is 10.1 Å². The van der Waals surface area contributed by atoms with Gasteiger partial charge in [0.2, 0.25) is 5.91 Å². The van der Waals surface area contributed by atoms with E-state index >= 15 is 0 Å². The Morgan fingerprint density at radius 3 is 2.94 bits per heavy atom. The van der Waals surface area contributed by atoms with Gasteiger partial charge in [0, 0.05) is 5.69 Å². The van der Waals surface area contributed by atoms with E-state index in [1.165, 1.54) is 7.11 Å². The van der Waals surface area contributed by atoms with Crippen molar-refractivity contribution < 1.29 is 14.3 Å². The number of hydrogen-bond donors (Lipinski definition) is 1. The molecule has 96 valence electrons. The molecule has 18 heavy (non-hydrogen) atoms. The van der Waals surface area contributed by atoms with Crippen molar-refractivity contribution in [3.8, 4) is 0 Å². The molecule has 0 radical (unpaired) electrons. The molecule has 1 N–H and O–H groups in total. The predicted octanol–water partition coefficient (Wildman–Crippen LogP) is 2.31. The summed E-state index contributed by atoms with van der Waals surface area (Å²) >= 11 is 1.68. The fourth-order valence-electron chi connectivity index (χ4n) is 1.85. The molecule has 0 saturated carbocycles. The molecule has 0 aromatic heterocycles. The molecule has 0 spiro atoms. The first-order valence-corrected chi connectivity index (χ1v) is 6.86. The maximum Gasteiger partial charge on any atom is 0.337 e. The van der Waals surface area contributed by atoms with Gasteiger partial charge in [0.15, 0.2) is 0 Å². The molecule has 1 aliphatic heterocycles. The Morgan fingerprint density at radius 2 is 2.28 bits per heavy atom. The molecule has 2 rings (SSSR count). The Balaban J connectivity index is 2.04. The van der Waals surface area contributed by atoms with E-state index in [0.29, 0.717) is 11.3 Å². The summed E-state index contributed by atoms with van der Waals surface area (Å²) in [6.45, 7) is 0. The molecule has 1 fully saturated rings. The molecular formula is C13H15NO3S. The minimum absolute atomic E-state index is 0.0134. The maximum atomic E-state index is 11.9. The first-order chi connectivity index (χ1) is 8.70. The number of nitrogens with one attached hydrogen (secondary N) is 1. The zero-order chi connectivity index (χ0) is 13.0. The van der Waals surface area contributed by atoms with E-state index in [4.69, 9.17) is 0 Å². The van der Waals surface area contributed by atoms with Crippen LogP contribution < -0.4 is 5.32 Å². The number of esters is 1. The van der Waals surface area contributed by atoms with Crippen LogP contribution in [-0.2, 0) is 9.53 Å². The van der Waals surface area contributed by atoms with Gasteiger partial charge in [0.1, 0.15) is 0 Å². The fourth-order valence-corrected chi connectivity index (χ4v) is 3.01. The number of thioether (sulfide) groups is 1. The van der Waals surface area contributed by atoms with Crippen LogP contribution in [-0.4, -0.2) is 30.0 Å². The minimum Gasteiger partial charge on any atom is -0.465 e. The molecular weight excluding hydrogens is 250 g/mol. The maximum absolute atomic E-state index is 11.9. The molecule has 0 aliphatic carbocycles. The van der Waals surface area contributed by atoms with Crippen LogP contribution in [0, 0.1) is 0 Å². The van der Waals surface area contributed by atoms with E-state index in [2.05, 4.69) is 10.1 Å².